The molecule has 3 rings (SSSR count). The van der Waals surface area contributed by atoms with E-state index in [9.17, 15) is 19.3 Å². The highest BCUT2D eigenvalue weighted by Crippen LogP contribution is 2.24. The van der Waals surface area contributed by atoms with Gasteiger partial charge < -0.3 is 9.30 Å². The van der Waals surface area contributed by atoms with Crippen LogP contribution in [0.3, 0.4) is 0 Å². The molecule has 7 nitrogen and oxygen atoms in total. The van der Waals surface area contributed by atoms with Crippen molar-refractivity contribution in [3.05, 3.63) is 55.9 Å². The number of hydrogen-bond acceptors (Lipinski definition) is 6. The number of amides is 1. The van der Waals surface area contributed by atoms with Gasteiger partial charge >= 0.3 is 5.00 Å². The Kier molecular flexibility index (Phi) is 5.55. The fourth-order valence-corrected chi connectivity index (χ4v) is 4.12. The van der Waals surface area contributed by atoms with Crippen molar-refractivity contribution in [1.82, 2.24) is 4.57 Å². The molecule has 2 heterocycles. The predicted octanol–water partition coefficient (Wildman–Crippen LogP) is 3.59. The number of aromatic nitrogens is 1. The number of benzene rings is 1. The van der Waals surface area contributed by atoms with Crippen molar-refractivity contribution in [3.63, 3.8) is 0 Å². The summed E-state index contributed by atoms with van der Waals surface area (Å²) in [6.45, 7) is 3.31. The average molecular weight is 395 g/mol. The number of thiazole rings is 1. The van der Waals surface area contributed by atoms with Crippen molar-refractivity contribution < 1.29 is 18.8 Å². The van der Waals surface area contributed by atoms with Crippen LogP contribution in [0.4, 0.5) is 9.39 Å². The van der Waals surface area contributed by atoms with Gasteiger partial charge in [0.05, 0.1) is 21.7 Å². The summed E-state index contributed by atoms with van der Waals surface area (Å²) in [5, 5.41) is 10.6. The Labute approximate surface area is 155 Å². The number of halogens is 1. The Balaban J connectivity index is 2.03. The van der Waals surface area contributed by atoms with Gasteiger partial charge in [0.25, 0.3) is 5.91 Å². The monoisotopic (exact) mass is 395 g/mol. The van der Waals surface area contributed by atoms with E-state index in [4.69, 9.17) is 4.74 Å². The molecule has 26 heavy (non-hydrogen) atoms. The second-order valence-corrected chi connectivity index (χ2v) is 7.23. The summed E-state index contributed by atoms with van der Waals surface area (Å²) in [6, 6.07) is 7.02. The van der Waals surface area contributed by atoms with Crippen LogP contribution in [-0.4, -0.2) is 28.6 Å². The zero-order chi connectivity index (χ0) is 18.7. The van der Waals surface area contributed by atoms with Crippen LogP contribution in [-0.2, 0) is 11.3 Å². The third kappa shape index (κ3) is 3.87. The Morgan fingerprint density at radius 2 is 2.15 bits per heavy atom. The number of thiophene rings is 1. The normalized spacial score (nSPS) is 12.0. The lowest BCUT2D eigenvalue weighted by Crippen LogP contribution is -2.19. The van der Waals surface area contributed by atoms with Crippen LogP contribution < -0.4 is 4.80 Å². The van der Waals surface area contributed by atoms with Crippen LogP contribution in [0.5, 0.6) is 0 Å². The van der Waals surface area contributed by atoms with Gasteiger partial charge in [0.1, 0.15) is 10.7 Å². The fraction of sp³-hybridized carbons (Fsp3) is 0.250. The van der Waals surface area contributed by atoms with E-state index in [-0.39, 0.29) is 15.7 Å². The average Bonchev–Trinajstić information content (AvgIpc) is 3.20. The number of nitro groups is 1. The summed E-state index contributed by atoms with van der Waals surface area (Å²) < 4.78 is 21.3. The summed E-state index contributed by atoms with van der Waals surface area (Å²) in [5.41, 5.74) is 0.750. The molecule has 0 unspecified atom stereocenters. The molecule has 1 aromatic carbocycles. The van der Waals surface area contributed by atoms with Gasteiger partial charge in [-0.05, 0) is 31.2 Å². The van der Waals surface area contributed by atoms with Gasteiger partial charge in [-0.15, -0.1) is 0 Å². The van der Waals surface area contributed by atoms with Crippen molar-refractivity contribution >= 4 is 43.8 Å². The first-order valence-corrected chi connectivity index (χ1v) is 9.33. The molecular formula is C16H14FN3O4S2. The quantitative estimate of drug-likeness (QED) is 0.363. The second-order valence-electron chi connectivity index (χ2n) is 5.16. The maximum absolute atomic E-state index is 13.5. The first-order chi connectivity index (χ1) is 12.5. The Bertz CT molecular complexity index is 1040. The summed E-state index contributed by atoms with van der Waals surface area (Å²) in [4.78, 5) is 27.3. The summed E-state index contributed by atoms with van der Waals surface area (Å²) >= 11 is 1.96. The molecule has 0 radical (unpaired) electrons. The third-order valence-corrected chi connectivity index (χ3v) is 5.55. The second kappa shape index (κ2) is 7.85. The minimum Gasteiger partial charge on any atom is -0.380 e. The van der Waals surface area contributed by atoms with E-state index < -0.39 is 10.8 Å². The first-order valence-electron chi connectivity index (χ1n) is 7.69. The van der Waals surface area contributed by atoms with Crippen molar-refractivity contribution in [1.29, 1.82) is 0 Å². The van der Waals surface area contributed by atoms with Crippen LogP contribution in [0.25, 0.3) is 10.2 Å². The number of nitrogens with zero attached hydrogens (tertiary/aromatic N) is 3. The van der Waals surface area contributed by atoms with Crippen LogP contribution in [0.2, 0.25) is 0 Å². The molecule has 0 saturated carbocycles. The molecule has 0 spiro atoms. The Morgan fingerprint density at radius 3 is 2.85 bits per heavy atom. The van der Waals surface area contributed by atoms with Gasteiger partial charge in [-0.25, -0.2) is 4.39 Å². The van der Waals surface area contributed by atoms with E-state index >= 15 is 0 Å². The molecule has 0 aliphatic rings. The van der Waals surface area contributed by atoms with Gasteiger partial charge in [-0.1, -0.05) is 22.7 Å². The number of ether oxygens (including phenoxy) is 1. The molecule has 2 aromatic heterocycles. The molecule has 0 N–H and O–H groups in total. The molecule has 0 aliphatic carbocycles. The van der Waals surface area contributed by atoms with Crippen LogP contribution >= 0.6 is 22.7 Å². The molecule has 0 aliphatic heterocycles. The Morgan fingerprint density at radius 1 is 1.35 bits per heavy atom. The van der Waals surface area contributed by atoms with Gasteiger partial charge in [0, 0.05) is 19.2 Å². The molecule has 0 fully saturated rings. The van der Waals surface area contributed by atoms with Crippen molar-refractivity contribution in [2.24, 2.45) is 4.99 Å². The van der Waals surface area contributed by atoms with Crippen LogP contribution in [0.15, 0.2) is 35.3 Å². The smallest absolute Gasteiger partial charge is 0.324 e. The van der Waals surface area contributed by atoms with E-state index in [1.165, 1.54) is 35.6 Å². The van der Waals surface area contributed by atoms with E-state index in [2.05, 4.69) is 4.99 Å². The summed E-state index contributed by atoms with van der Waals surface area (Å²) in [5.74, 6) is -0.942. The summed E-state index contributed by atoms with van der Waals surface area (Å²) in [7, 11) is 0. The minimum atomic E-state index is -0.569. The number of carbonyl (C=O) groups is 1. The van der Waals surface area contributed by atoms with E-state index in [0.29, 0.717) is 29.3 Å². The molecule has 136 valence electrons. The zero-order valence-corrected chi connectivity index (χ0v) is 15.3. The summed E-state index contributed by atoms with van der Waals surface area (Å²) in [6.07, 6.45) is 0. The first kappa shape index (κ1) is 18.4. The molecule has 0 atom stereocenters. The number of hydrogen-bond donors (Lipinski definition) is 0. The van der Waals surface area contributed by atoms with Crippen molar-refractivity contribution in [2.75, 3.05) is 13.2 Å². The molecule has 0 bridgehead atoms. The largest absolute Gasteiger partial charge is 0.380 e. The fourth-order valence-electron chi connectivity index (χ4n) is 2.33. The lowest BCUT2D eigenvalue weighted by molar-refractivity contribution is -0.380. The maximum Gasteiger partial charge on any atom is 0.324 e. The number of fused-ring (bicyclic) bond motifs is 1. The van der Waals surface area contributed by atoms with Crippen molar-refractivity contribution in [2.45, 2.75) is 13.5 Å². The van der Waals surface area contributed by atoms with Crippen molar-refractivity contribution in [3.8, 4) is 0 Å². The molecule has 10 heteroatoms. The van der Waals surface area contributed by atoms with Gasteiger partial charge in [-0.3, -0.25) is 14.9 Å². The highest BCUT2D eigenvalue weighted by atomic mass is 32.1. The van der Waals surface area contributed by atoms with Gasteiger partial charge in [-0.2, -0.15) is 4.99 Å². The molecule has 1 amide bonds. The topological polar surface area (TPSA) is 86.7 Å². The predicted molar refractivity (Wildman–Crippen MR) is 97.1 cm³/mol. The van der Waals surface area contributed by atoms with E-state index in [1.807, 2.05) is 6.92 Å². The lowest BCUT2D eigenvalue weighted by atomic mass is 10.3. The van der Waals surface area contributed by atoms with Crippen LogP contribution in [0.1, 0.15) is 16.6 Å². The molecule has 3 aromatic rings. The van der Waals surface area contributed by atoms with E-state index in [0.717, 1.165) is 16.9 Å². The highest BCUT2D eigenvalue weighted by molar-refractivity contribution is 7.17. The van der Waals surface area contributed by atoms with Gasteiger partial charge in [0.2, 0.25) is 0 Å². The minimum absolute atomic E-state index is 0.119. The molecule has 0 saturated heterocycles. The van der Waals surface area contributed by atoms with Gasteiger partial charge in [0.15, 0.2) is 4.80 Å². The third-order valence-electron chi connectivity index (χ3n) is 3.49. The Hall–Kier alpha value is -2.43. The molecular weight excluding hydrogens is 381 g/mol. The lowest BCUT2D eigenvalue weighted by Gasteiger charge is -2.05. The number of rotatable bonds is 6. The van der Waals surface area contributed by atoms with Crippen LogP contribution in [0, 0.1) is 15.9 Å². The van der Waals surface area contributed by atoms with E-state index in [1.54, 1.807) is 10.6 Å². The SMILES string of the molecule is CCOCCn1c(=NC(=O)c2ccc([N+](=O)[O-])s2)sc2cc(F)ccc21. The standard InChI is InChI=1S/C16H14FN3O4S2/c1-2-24-8-7-19-11-4-3-10(17)9-13(11)26-16(19)18-15(21)12-5-6-14(25-12)20(22)23/h3-6,9H,2,7-8H2,1H3. The maximum atomic E-state index is 13.5. The highest BCUT2D eigenvalue weighted by Gasteiger charge is 2.16. The zero-order valence-electron chi connectivity index (χ0n) is 13.7. The number of carbonyl (C=O) groups excluding carboxylic acids is 1.